The van der Waals surface area contributed by atoms with Crippen LogP contribution in [0.4, 0.5) is 0 Å². The van der Waals surface area contributed by atoms with Gasteiger partial charge in [0.2, 0.25) is 0 Å². The second-order valence-corrected chi connectivity index (χ2v) is 9.03. The van der Waals surface area contributed by atoms with Crippen molar-refractivity contribution in [1.82, 2.24) is 0 Å². The van der Waals surface area contributed by atoms with Crippen molar-refractivity contribution in [2.45, 2.75) is 0 Å². The molecule has 4 aromatic rings. The molecule has 4 aromatic carbocycles. The van der Waals surface area contributed by atoms with E-state index in [2.05, 4.69) is 0 Å². The van der Waals surface area contributed by atoms with Crippen LogP contribution in [0.1, 0.15) is 0 Å². The highest BCUT2D eigenvalue weighted by atomic mass is 16.4. The molecule has 0 aliphatic rings. The molecule has 0 spiro atoms. The summed E-state index contributed by atoms with van der Waals surface area (Å²) in [6.45, 7) is 0. The average Bonchev–Trinajstić information content (AvgIpc) is 2.90. The summed E-state index contributed by atoms with van der Waals surface area (Å²) in [4.78, 5) is 0. The maximum atomic E-state index is 9.63. The van der Waals surface area contributed by atoms with E-state index < -0.39 is 34.6 Å². The van der Waals surface area contributed by atoms with Gasteiger partial charge in [0.15, 0.2) is 0 Å². The molecule has 0 radical (unpaired) electrons. The van der Waals surface area contributed by atoms with E-state index in [4.69, 9.17) is 0 Å². The van der Waals surface area contributed by atoms with E-state index >= 15 is 0 Å². The molecular weight excluding hydrogens is 470 g/mol. The highest BCUT2D eigenvalue weighted by molar-refractivity contribution is 7.20. The van der Waals surface area contributed by atoms with E-state index in [-0.39, 0.29) is 0 Å². The fraction of sp³-hybridized carbons (Fsp3) is 0. The second-order valence-electron chi connectivity index (χ2n) is 9.03. The number of benzene rings is 4. The summed E-state index contributed by atoms with van der Waals surface area (Å²) in [5.74, 6) is 0. The average molecular weight is 495 g/mol. The van der Waals surface area contributed by atoms with E-state index in [1.54, 1.807) is 97.1 Å². The fourth-order valence-electron chi connectivity index (χ4n) is 4.98. The van der Waals surface area contributed by atoms with E-state index in [1.165, 1.54) is 0 Å². The van der Waals surface area contributed by atoms with Gasteiger partial charge < -0.3 is 40.2 Å². The summed E-state index contributed by atoms with van der Waals surface area (Å²) in [5.41, 5.74) is 4.28. The lowest BCUT2D eigenvalue weighted by molar-refractivity contribution is 0.424. The van der Waals surface area contributed by atoms with Gasteiger partial charge in [-0.15, -0.1) is 0 Å². The van der Waals surface area contributed by atoms with Crippen LogP contribution in [0.25, 0.3) is 0 Å². The monoisotopic (exact) mass is 495 g/mol. The third-order valence-electron chi connectivity index (χ3n) is 6.94. The molecule has 0 amide bonds. The van der Waals surface area contributed by atoms with Gasteiger partial charge in [0.25, 0.3) is 0 Å². The lowest BCUT2D eigenvalue weighted by Crippen LogP contribution is -2.75. The maximum Gasteiger partial charge on any atom is 0.488 e. The van der Waals surface area contributed by atoms with Crippen molar-refractivity contribution in [3.05, 3.63) is 97.1 Å². The summed E-state index contributed by atoms with van der Waals surface area (Å²) in [5, 5.41) is 77.1. The van der Waals surface area contributed by atoms with Crippen LogP contribution in [0, 0.1) is 0 Å². The molecule has 8 nitrogen and oxygen atoms in total. The Bertz CT molecular complexity index is 1100. The molecule has 0 fully saturated rings. The Morgan fingerprint density at radius 1 is 0.297 bits per heavy atom. The molecule has 0 aromatic heterocycles. The van der Waals surface area contributed by atoms with Gasteiger partial charge in [0.1, 0.15) is 6.15 Å². The van der Waals surface area contributed by atoms with Crippen LogP contribution >= 0.6 is 0 Å². The quantitative estimate of drug-likeness (QED) is 0.112. The molecule has 0 saturated carbocycles. The highest BCUT2D eigenvalue weighted by Gasteiger charge is 2.33. The first kappa shape index (κ1) is 26.9. The third kappa shape index (κ3) is 5.31. The zero-order chi connectivity index (χ0) is 26.7. The molecule has 0 bridgehead atoms. The molecule has 0 heterocycles. The minimum Gasteiger partial charge on any atom is -0.423 e. The van der Waals surface area contributed by atoms with Gasteiger partial charge in [-0.25, -0.2) is 0 Å². The zero-order valence-electron chi connectivity index (χ0n) is 19.7. The lowest BCUT2D eigenvalue weighted by atomic mass is 9.13. The Labute approximate surface area is 215 Å². The summed E-state index contributed by atoms with van der Waals surface area (Å²) >= 11 is 0. The Morgan fingerprint density at radius 2 is 0.459 bits per heavy atom. The SMILES string of the molecule is OB(O)c1ccc([B-](c2ccc(B(O)O)cc2)(c2ccc(B(O)O)cc2)c2ccc(B(O)O)cc2)cc1. The molecule has 37 heavy (non-hydrogen) atoms. The van der Waals surface area contributed by atoms with Crippen molar-refractivity contribution in [1.29, 1.82) is 0 Å². The molecule has 13 heteroatoms. The van der Waals surface area contributed by atoms with Crippen LogP contribution in [-0.2, 0) is 0 Å². The summed E-state index contributed by atoms with van der Waals surface area (Å²) < 4.78 is 0. The van der Waals surface area contributed by atoms with Crippen molar-refractivity contribution in [2.24, 2.45) is 0 Å². The first-order chi connectivity index (χ1) is 17.6. The normalized spacial score (nSPS) is 11.2. The van der Waals surface area contributed by atoms with Crippen LogP contribution in [0.15, 0.2) is 97.1 Å². The van der Waals surface area contributed by atoms with Crippen LogP contribution in [0.2, 0.25) is 0 Å². The second kappa shape index (κ2) is 11.1. The molecule has 0 atom stereocenters. The Hall–Kier alpha value is -3.12. The molecule has 0 aliphatic carbocycles. The molecule has 184 valence electrons. The smallest absolute Gasteiger partial charge is 0.423 e. The van der Waals surface area contributed by atoms with Gasteiger partial charge in [-0.1, -0.05) is 97.1 Å². The van der Waals surface area contributed by atoms with Crippen LogP contribution in [-0.4, -0.2) is 74.8 Å². The van der Waals surface area contributed by atoms with Crippen molar-refractivity contribution < 1.29 is 40.2 Å². The minimum absolute atomic E-state index is 0.296. The van der Waals surface area contributed by atoms with Crippen molar-refractivity contribution >= 4 is 78.3 Å². The first-order valence-electron chi connectivity index (χ1n) is 11.7. The summed E-state index contributed by atoms with van der Waals surface area (Å²) in [6.07, 6.45) is -2.02. The van der Waals surface area contributed by atoms with Crippen molar-refractivity contribution in [3.63, 3.8) is 0 Å². The van der Waals surface area contributed by atoms with Crippen LogP contribution in [0.3, 0.4) is 0 Å². The van der Waals surface area contributed by atoms with Gasteiger partial charge in [-0.3, -0.25) is 0 Å². The van der Waals surface area contributed by atoms with E-state index in [1.807, 2.05) is 0 Å². The largest absolute Gasteiger partial charge is 0.488 e. The number of rotatable bonds is 8. The molecule has 4 rings (SSSR count). The van der Waals surface area contributed by atoms with Crippen molar-refractivity contribution in [3.8, 4) is 0 Å². The molecule has 0 unspecified atom stereocenters. The summed E-state index contributed by atoms with van der Waals surface area (Å²) in [7, 11) is -6.62. The van der Waals surface area contributed by atoms with Gasteiger partial charge in [0.05, 0.1) is 0 Å². The topological polar surface area (TPSA) is 162 Å². The van der Waals surface area contributed by atoms with E-state index in [0.29, 0.717) is 21.9 Å². The standard InChI is InChI=1S/C24H24B5O8/c30-25(31)17-1-9-21(10-2-17)29(22-11-3-18(4-12-22)26(32)33,23-13-5-19(6-14-23)27(34)35)24-15-7-20(8-16-24)28(36)37/h1-16,30-37H/q-1. The Morgan fingerprint density at radius 3 is 0.595 bits per heavy atom. The fourth-order valence-corrected chi connectivity index (χ4v) is 4.98. The van der Waals surface area contributed by atoms with Gasteiger partial charge >= 0.3 is 28.5 Å². The zero-order valence-corrected chi connectivity index (χ0v) is 19.7. The van der Waals surface area contributed by atoms with Crippen LogP contribution < -0.4 is 43.7 Å². The highest BCUT2D eigenvalue weighted by Crippen LogP contribution is 2.09. The molecular formula is C24H24B5O8-. The predicted octanol–water partition coefficient (Wildman–Crippen LogP) is -6.22. The number of hydrogen-bond donors (Lipinski definition) is 8. The third-order valence-corrected chi connectivity index (χ3v) is 6.94. The molecule has 0 aliphatic heterocycles. The van der Waals surface area contributed by atoms with Gasteiger partial charge in [-0.2, -0.15) is 21.9 Å². The van der Waals surface area contributed by atoms with Gasteiger partial charge in [-0.05, 0) is 21.9 Å². The van der Waals surface area contributed by atoms with Crippen LogP contribution in [0.5, 0.6) is 0 Å². The maximum absolute atomic E-state index is 9.63. The molecule has 8 N–H and O–H groups in total. The minimum atomic E-state index is -2.02. The Kier molecular flexibility index (Phi) is 8.08. The predicted molar refractivity (Wildman–Crippen MR) is 149 cm³/mol. The lowest BCUT2D eigenvalue weighted by Gasteiger charge is -2.44. The summed E-state index contributed by atoms with van der Waals surface area (Å²) in [6, 6.07) is 26.9. The van der Waals surface area contributed by atoms with Crippen molar-refractivity contribution in [2.75, 3.05) is 0 Å². The van der Waals surface area contributed by atoms with E-state index in [9.17, 15) is 40.2 Å². The Balaban J connectivity index is 2.05. The first-order valence-corrected chi connectivity index (χ1v) is 11.7. The van der Waals surface area contributed by atoms with E-state index in [0.717, 1.165) is 21.9 Å². The van der Waals surface area contributed by atoms with Gasteiger partial charge in [0, 0.05) is 0 Å². The number of hydrogen-bond acceptors (Lipinski definition) is 8. The molecule has 0 saturated heterocycles.